The highest BCUT2D eigenvalue weighted by Crippen LogP contribution is 2.30. The first kappa shape index (κ1) is 15.0. The number of carbonyl (C=O) groups excluding carboxylic acids is 1. The summed E-state index contributed by atoms with van der Waals surface area (Å²) in [5.41, 5.74) is 2.16. The maximum atomic E-state index is 13.1. The third-order valence-corrected chi connectivity index (χ3v) is 3.67. The SMILES string of the molecule is O=C(Oc1ccc2c(-c3ccc(F)cc3)noc2c1)c1cccnc1. The largest absolute Gasteiger partial charge is 0.423 e. The van der Waals surface area contributed by atoms with E-state index in [0.29, 0.717) is 22.6 Å². The van der Waals surface area contributed by atoms with Gasteiger partial charge in [-0.05, 0) is 48.5 Å². The number of nitrogens with zero attached hydrogens (tertiary/aromatic N) is 2. The van der Waals surface area contributed by atoms with Crippen molar-refractivity contribution < 1.29 is 18.4 Å². The first-order valence-corrected chi connectivity index (χ1v) is 7.48. The minimum atomic E-state index is -0.509. The predicted molar refractivity (Wildman–Crippen MR) is 88.6 cm³/mol. The van der Waals surface area contributed by atoms with E-state index in [4.69, 9.17) is 9.26 Å². The van der Waals surface area contributed by atoms with Crippen molar-refractivity contribution in [3.63, 3.8) is 0 Å². The highest BCUT2D eigenvalue weighted by molar-refractivity contribution is 5.94. The number of esters is 1. The van der Waals surface area contributed by atoms with Crippen LogP contribution in [0.4, 0.5) is 4.39 Å². The van der Waals surface area contributed by atoms with E-state index >= 15 is 0 Å². The summed E-state index contributed by atoms with van der Waals surface area (Å²) in [6.45, 7) is 0. The maximum absolute atomic E-state index is 13.1. The molecule has 122 valence electrons. The molecule has 25 heavy (non-hydrogen) atoms. The van der Waals surface area contributed by atoms with Crippen LogP contribution in [-0.4, -0.2) is 16.1 Å². The summed E-state index contributed by atoms with van der Waals surface area (Å²) in [6.07, 6.45) is 3.01. The average molecular weight is 334 g/mol. The quantitative estimate of drug-likeness (QED) is 0.414. The normalized spacial score (nSPS) is 10.8. The van der Waals surface area contributed by atoms with Gasteiger partial charge in [0.2, 0.25) is 0 Å². The zero-order valence-electron chi connectivity index (χ0n) is 12.8. The number of pyridine rings is 1. The molecule has 0 saturated carbocycles. The van der Waals surface area contributed by atoms with E-state index in [1.54, 1.807) is 48.7 Å². The second-order valence-corrected chi connectivity index (χ2v) is 5.33. The average Bonchev–Trinajstić information content (AvgIpc) is 3.06. The summed E-state index contributed by atoms with van der Waals surface area (Å²) in [4.78, 5) is 15.9. The van der Waals surface area contributed by atoms with Gasteiger partial charge < -0.3 is 9.26 Å². The third kappa shape index (κ3) is 2.97. The molecule has 2 aromatic heterocycles. The van der Waals surface area contributed by atoms with Crippen LogP contribution in [0.25, 0.3) is 22.2 Å². The Morgan fingerprint density at radius 3 is 2.68 bits per heavy atom. The Hall–Kier alpha value is -3.54. The lowest BCUT2D eigenvalue weighted by Crippen LogP contribution is -2.08. The molecule has 6 heteroatoms. The molecule has 0 aliphatic carbocycles. The van der Waals surface area contributed by atoms with Crippen LogP contribution < -0.4 is 4.74 Å². The van der Waals surface area contributed by atoms with E-state index in [1.807, 2.05) is 0 Å². The second-order valence-electron chi connectivity index (χ2n) is 5.33. The van der Waals surface area contributed by atoms with Gasteiger partial charge in [-0.15, -0.1) is 0 Å². The topological polar surface area (TPSA) is 65.2 Å². The standard InChI is InChI=1S/C19H11FN2O3/c20-14-5-3-12(4-6-14)18-16-8-7-15(10-17(16)25-22-18)24-19(23)13-2-1-9-21-11-13/h1-11H. The number of aromatic nitrogens is 2. The van der Waals surface area contributed by atoms with Crippen molar-refractivity contribution in [3.05, 3.63) is 78.4 Å². The van der Waals surface area contributed by atoms with Crippen LogP contribution in [0.1, 0.15) is 10.4 Å². The van der Waals surface area contributed by atoms with Gasteiger partial charge in [0, 0.05) is 29.4 Å². The Labute approximate surface area is 141 Å². The summed E-state index contributed by atoms with van der Waals surface area (Å²) < 4.78 is 23.7. The van der Waals surface area contributed by atoms with Crippen LogP contribution in [0.3, 0.4) is 0 Å². The molecule has 0 fully saturated rings. The van der Waals surface area contributed by atoms with Crippen molar-refractivity contribution in [2.24, 2.45) is 0 Å². The molecule has 4 rings (SSSR count). The number of hydrogen-bond acceptors (Lipinski definition) is 5. The van der Waals surface area contributed by atoms with Crippen LogP contribution in [-0.2, 0) is 0 Å². The lowest BCUT2D eigenvalue weighted by atomic mass is 10.1. The summed E-state index contributed by atoms with van der Waals surface area (Å²) in [5, 5.41) is 4.77. The number of benzene rings is 2. The summed E-state index contributed by atoms with van der Waals surface area (Å²) in [6, 6.07) is 14.2. The number of rotatable bonds is 3. The molecule has 0 aliphatic heterocycles. The van der Waals surface area contributed by atoms with Gasteiger partial charge in [-0.2, -0.15) is 0 Å². The predicted octanol–water partition coefficient (Wildman–Crippen LogP) is 4.25. The molecule has 5 nitrogen and oxygen atoms in total. The summed E-state index contributed by atoms with van der Waals surface area (Å²) in [5.74, 6) is -0.491. The molecular formula is C19H11FN2O3. The molecular weight excluding hydrogens is 323 g/mol. The van der Waals surface area contributed by atoms with Gasteiger partial charge in [0.05, 0.1) is 5.56 Å². The summed E-state index contributed by atoms with van der Waals surface area (Å²) >= 11 is 0. The molecule has 0 N–H and O–H groups in total. The molecule has 4 aromatic rings. The molecule has 0 amide bonds. The molecule has 2 aromatic carbocycles. The van der Waals surface area contributed by atoms with E-state index in [-0.39, 0.29) is 5.82 Å². The molecule has 0 aliphatic rings. The zero-order chi connectivity index (χ0) is 17.2. The molecule has 0 atom stereocenters. The number of ether oxygens (including phenoxy) is 1. The van der Waals surface area contributed by atoms with Gasteiger partial charge in [0.25, 0.3) is 0 Å². The van der Waals surface area contributed by atoms with Gasteiger partial charge in [-0.3, -0.25) is 4.98 Å². The van der Waals surface area contributed by atoms with E-state index in [1.165, 1.54) is 18.3 Å². The highest BCUT2D eigenvalue weighted by atomic mass is 19.1. The van der Waals surface area contributed by atoms with Crippen molar-refractivity contribution in [2.45, 2.75) is 0 Å². The van der Waals surface area contributed by atoms with E-state index in [2.05, 4.69) is 10.1 Å². The maximum Gasteiger partial charge on any atom is 0.345 e. The minimum absolute atomic E-state index is 0.318. The number of carbonyl (C=O) groups is 1. The molecule has 0 radical (unpaired) electrons. The van der Waals surface area contributed by atoms with Crippen molar-refractivity contribution in [1.29, 1.82) is 0 Å². The van der Waals surface area contributed by atoms with Gasteiger partial charge in [0.1, 0.15) is 17.3 Å². The van der Waals surface area contributed by atoms with Gasteiger partial charge in [-0.1, -0.05) is 5.16 Å². The molecule has 0 bridgehead atoms. The van der Waals surface area contributed by atoms with Gasteiger partial charge in [-0.25, -0.2) is 9.18 Å². The van der Waals surface area contributed by atoms with Crippen LogP contribution in [0, 0.1) is 5.82 Å². The highest BCUT2D eigenvalue weighted by Gasteiger charge is 2.14. The van der Waals surface area contributed by atoms with E-state index in [9.17, 15) is 9.18 Å². The van der Waals surface area contributed by atoms with E-state index in [0.717, 1.165) is 10.9 Å². The Morgan fingerprint density at radius 1 is 1.08 bits per heavy atom. The lowest BCUT2D eigenvalue weighted by Gasteiger charge is -2.03. The Balaban J connectivity index is 1.63. The van der Waals surface area contributed by atoms with Gasteiger partial charge in [0.15, 0.2) is 5.58 Å². The molecule has 0 unspecified atom stereocenters. The van der Waals surface area contributed by atoms with Crippen molar-refractivity contribution in [2.75, 3.05) is 0 Å². The fourth-order valence-electron chi connectivity index (χ4n) is 2.45. The van der Waals surface area contributed by atoms with Crippen molar-refractivity contribution in [1.82, 2.24) is 10.1 Å². The van der Waals surface area contributed by atoms with Crippen LogP contribution in [0.5, 0.6) is 5.75 Å². The van der Waals surface area contributed by atoms with Crippen LogP contribution in [0.15, 0.2) is 71.5 Å². The lowest BCUT2D eigenvalue weighted by molar-refractivity contribution is 0.0734. The first-order valence-electron chi connectivity index (χ1n) is 7.48. The Kier molecular flexibility index (Phi) is 3.70. The Morgan fingerprint density at radius 2 is 1.92 bits per heavy atom. The molecule has 0 saturated heterocycles. The fraction of sp³-hybridized carbons (Fsp3) is 0. The third-order valence-electron chi connectivity index (χ3n) is 3.67. The van der Waals surface area contributed by atoms with Crippen molar-refractivity contribution >= 4 is 16.9 Å². The van der Waals surface area contributed by atoms with Crippen LogP contribution >= 0.6 is 0 Å². The minimum Gasteiger partial charge on any atom is -0.423 e. The van der Waals surface area contributed by atoms with Crippen LogP contribution in [0.2, 0.25) is 0 Å². The van der Waals surface area contributed by atoms with Crippen molar-refractivity contribution in [3.8, 4) is 17.0 Å². The first-order chi connectivity index (χ1) is 12.2. The second kappa shape index (κ2) is 6.16. The Bertz CT molecular complexity index is 1040. The smallest absolute Gasteiger partial charge is 0.345 e. The number of fused-ring (bicyclic) bond motifs is 1. The summed E-state index contributed by atoms with van der Waals surface area (Å²) in [7, 11) is 0. The number of hydrogen-bond donors (Lipinski definition) is 0. The fourth-order valence-corrected chi connectivity index (χ4v) is 2.45. The van der Waals surface area contributed by atoms with E-state index < -0.39 is 5.97 Å². The molecule has 2 heterocycles. The number of halogens is 1. The molecule has 0 spiro atoms. The zero-order valence-corrected chi connectivity index (χ0v) is 12.8. The van der Waals surface area contributed by atoms with Gasteiger partial charge >= 0.3 is 5.97 Å². The monoisotopic (exact) mass is 334 g/mol.